The van der Waals surface area contributed by atoms with Gasteiger partial charge in [0.25, 0.3) is 0 Å². The molecule has 1 aliphatic rings. The van der Waals surface area contributed by atoms with Crippen LogP contribution in [0.1, 0.15) is 30.7 Å². The largest absolute Gasteiger partial charge is 0.504 e. The van der Waals surface area contributed by atoms with E-state index in [0.717, 1.165) is 0 Å². The molecular formula is C14H13F3O2. The van der Waals surface area contributed by atoms with Crippen LogP contribution in [0.4, 0.5) is 13.2 Å². The van der Waals surface area contributed by atoms with Crippen LogP contribution in [0, 0.1) is 0 Å². The fourth-order valence-corrected chi connectivity index (χ4v) is 2.36. The smallest absolute Gasteiger partial charge is 0.449 e. The Bertz CT molecular complexity index is 503. The maximum atomic E-state index is 12.5. The number of Topliss-reactive ketones (excluding diaryl/α,β-unsaturated/α-hetero) is 1. The first-order valence-electron chi connectivity index (χ1n) is 5.99. The molecule has 0 saturated heterocycles. The molecule has 1 atom stereocenters. The first-order valence-corrected chi connectivity index (χ1v) is 5.99. The highest BCUT2D eigenvalue weighted by Gasteiger charge is 2.41. The quantitative estimate of drug-likeness (QED) is 0.620. The molecule has 1 fully saturated rings. The summed E-state index contributed by atoms with van der Waals surface area (Å²) in [5.41, 5.74) is 0.201. The highest BCUT2D eigenvalue weighted by molar-refractivity contribution is 6.01. The first-order chi connectivity index (χ1) is 8.91. The van der Waals surface area contributed by atoms with Gasteiger partial charge in [0, 0.05) is 11.5 Å². The van der Waals surface area contributed by atoms with Crippen molar-refractivity contribution < 1.29 is 23.1 Å². The van der Waals surface area contributed by atoms with Gasteiger partial charge < -0.3 is 5.11 Å². The molecule has 1 aromatic rings. The van der Waals surface area contributed by atoms with Crippen LogP contribution in [0.2, 0.25) is 0 Å². The highest BCUT2D eigenvalue weighted by Crippen LogP contribution is 2.37. The van der Waals surface area contributed by atoms with Gasteiger partial charge in [-0.1, -0.05) is 30.3 Å². The standard InChI is InChI=1S/C14H13F3O2/c15-14(16,17)13(19)11-8-4-7-10(12(11)18)9-5-2-1-3-6-9/h1-3,5-6,10,19H,4,7-8H2/b13-11+. The lowest BCUT2D eigenvalue weighted by atomic mass is 9.79. The van der Waals surface area contributed by atoms with Gasteiger partial charge in [-0.2, -0.15) is 13.2 Å². The average Bonchev–Trinajstić information content (AvgIpc) is 2.38. The minimum atomic E-state index is -4.86. The number of hydrogen-bond acceptors (Lipinski definition) is 2. The monoisotopic (exact) mass is 270 g/mol. The number of carbonyl (C=O) groups is 1. The van der Waals surface area contributed by atoms with E-state index in [1.54, 1.807) is 30.3 Å². The van der Waals surface area contributed by atoms with Gasteiger partial charge in [0.1, 0.15) is 0 Å². The molecule has 1 saturated carbocycles. The fourth-order valence-electron chi connectivity index (χ4n) is 2.36. The molecule has 0 spiro atoms. The van der Waals surface area contributed by atoms with E-state index in [1.807, 2.05) is 0 Å². The van der Waals surface area contributed by atoms with Crippen molar-refractivity contribution in [3.05, 3.63) is 47.2 Å². The van der Waals surface area contributed by atoms with E-state index in [-0.39, 0.29) is 6.42 Å². The molecule has 19 heavy (non-hydrogen) atoms. The maximum absolute atomic E-state index is 12.5. The molecule has 1 aromatic carbocycles. The van der Waals surface area contributed by atoms with Gasteiger partial charge in [-0.05, 0) is 24.8 Å². The van der Waals surface area contributed by atoms with Gasteiger partial charge in [0.05, 0.1) is 0 Å². The second kappa shape index (κ2) is 5.07. The van der Waals surface area contributed by atoms with Gasteiger partial charge in [-0.25, -0.2) is 0 Å². The summed E-state index contributed by atoms with van der Waals surface area (Å²) in [7, 11) is 0. The third-order valence-electron chi connectivity index (χ3n) is 3.29. The van der Waals surface area contributed by atoms with Gasteiger partial charge in [0.15, 0.2) is 5.78 Å². The van der Waals surface area contributed by atoms with Crippen LogP contribution >= 0.6 is 0 Å². The van der Waals surface area contributed by atoms with Gasteiger partial charge in [0.2, 0.25) is 5.76 Å². The molecule has 0 bridgehead atoms. The number of alkyl halides is 3. The zero-order chi connectivity index (χ0) is 14.0. The summed E-state index contributed by atoms with van der Waals surface area (Å²) >= 11 is 0. The van der Waals surface area contributed by atoms with Crippen molar-refractivity contribution in [2.45, 2.75) is 31.4 Å². The average molecular weight is 270 g/mol. The van der Waals surface area contributed by atoms with E-state index < -0.39 is 29.2 Å². The van der Waals surface area contributed by atoms with Crippen molar-refractivity contribution in [3.8, 4) is 0 Å². The molecule has 1 aliphatic carbocycles. The van der Waals surface area contributed by atoms with Crippen LogP contribution in [0.3, 0.4) is 0 Å². The van der Waals surface area contributed by atoms with E-state index >= 15 is 0 Å². The van der Waals surface area contributed by atoms with Crippen molar-refractivity contribution in [1.82, 2.24) is 0 Å². The van der Waals surface area contributed by atoms with Crippen LogP contribution < -0.4 is 0 Å². The molecular weight excluding hydrogens is 257 g/mol. The molecule has 0 heterocycles. The summed E-state index contributed by atoms with van der Waals surface area (Å²) in [6, 6.07) is 8.70. The van der Waals surface area contributed by atoms with Crippen LogP contribution in [-0.2, 0) is 4.79 Å². The van der Waals surface area contributed by atoms with Crippen LogP contribution in [-0.4, -0.2) is 17.1 Å². The summed E-state index contributed by atoms with van der Waals surface area (Å²) in [6.45, 7) is 0. The third kappa shape index (κ3) is 2.80. The molecule has 2 nitrogen and oxygen atoms in total. The van der Waals surface area contributed by atoms with Gasteiger partial charge >= 0.3 is 6.18 Å². The van der Waals surface area contributed by atoms with E-state index in [4.69, 9.17) is 0 Å². The third-order valence-corrected chi connectivity index (χ3v) is 3.29. The van der Waals surface area contributed by atoms with Crippen LogP contribution in [0.25, 0.3) is 0 Å². The molecule has 5 heteroatoms. The minimum Gasteiger partial charge on any atom is -0.504 e. The molecule has 0 amide bonds. The predicted octanol–water partition coefficient (Wildman–Crippen LogP) is 3.90. The summed E-state index contributed by atoms with van der Waals surface area (Å²) in [6.07, 6.45) is -3.91. The van der Waals surface area contributed by atoms with E-state index in [0.29, 0.717) is 18.4 Å². The lowest BCUT2D eigenvalue weighted by Crippen LogP contribution is -2.25. The lowest BCUT2D eigenvalue weighted by molar-refractivity contribution is -0.129. The van der Waals surface area contributed by atoms with E-state index in [9.17, 15) is 23.1 Å². The molecule has 1 N–H and O–H groups in total. The number of aliphatic hydroxyl groups excluding tert-OH is 1. The Morgan fingerprint density at radius 1 is 1.21 bits per heavy atom. The van der Waals surface area contributed by atoms with Crippen molar-refractivity contribution in [3.63, 3.8) is 0 Å². The zero-order valence-electron chi connectivity index (χ0n) is 10.1. The molecule has 102 valence electrons. The molecule has 0 radical (unpaired) electrons. The number of aliphatic hydroxyl groups is 1. The number of ketones is 1. The van der Waals surface area contributed by atoms with Crippen molar-refractivity contribution in [1.29, 1.82) is 0 Å². The number of halogens is 3. The normalized spacial score (nSPS) is 23.3. The van der Waals surface area contributed by atoms with Gasteiger partial charge in [-0.15, -0.1) is 0 Å². The second-order valence-corrected chi connectivity index (χ2v) is 4.54. The minimum absolute atomic E-state index is 0.0203. The second-order valence-electron chi connectivity index (χ2n) is 4.54. The molecule has 0 aromatic heterocycles. The number of rotatable bonds is 1. The molecule has 2 rings (SSSR count). The lowest BCUT2D eigenvalue weighted by Gasteiger charge is -2.24. The van der Waals surface area contributed by atoms with Crippen LogP contribution in [0.15, 0.2) is 41.7 Å². The Hall–Kier alpha value is -1.78. The maximum Gasteiger partial charge on any atom is 0.449 e. The summed E-state index contributed by atoms with van der Waals surface area (Å²) in [4.78, 5) is 12.1. The highest BCUT2D eigenvalue weighted by atomic mass is 19.4. The number of allylic oxidation sites excluding steroid dienone is 2. The Morgan fingerprint density at radius 3 is 2.42 bits per heavy atom. The molecule has 1 unspecified atom stereocenters. The molecule has 0 aliphatic heterocycles. The Balaban J connectivity index is 2.35. The summed E-state index contributed by atoms with van der Waals surface area (Å²) < 4.78 is 37.4. The van der Waals surface area contributed by atoms with Crippen molar-refractivity contribution in [2.75, 3.05) is 0 Å². The first kappa shape index (κ1) is 13.6. The van der Waals surface area contributed by atoms with E-state index in [2.05, 4.69) is 0 Å². The van der Waals surface area contributed by atoms with E-state index in [1.165, 1.54) is 0 Å². The van der Waals surface area contributed by atoms with Crippen molar-refractivity contribution in [2.24, 2.45) is 0 Å². The summed E-state index contributed by atoms with van der Waals surface area (Å²) in [5.74, 6) is -2.94. The van der Waals surface area contributed by atoms with Crippen LogP contribution in [0.5, 0.6) is 0 Å². The topological polar surface area (TPSA) is 37.3 Å². The zero-order valence-corrected chi connectivity index (χ0v) is 10.1. The fraction of sp³-hybridized carbons (Fsp3) is 0.357. The summed E-state index contributed by atoms with van der Waals surface area (Å²) in [5, 5.41) is 9.18. The Kier molecular flexibility index (Phi) is 3.64. The number of carbonyl (C=O) groups excluding carboxylic acids is 1. The van der Waals surface area contributed by atoms with Crippen molar-refractivity contribution >= 4 is 5.78 Å². The number of benzene rings is 1. The predicted molar refractivity (Wildman–Crippen MR) is 63.8 cm³/mol. The van der Waals surface area contributed by atoms with Gasteiger partial charge in [-0.3, -0.25) is 4.79 Å². The SMILES string of the molecule is O=C1/C(=C(/O)C(F)(F)F)CCCC1c1ccccc1. The Labute approximate surface area is 108 Å². The Morgan fingerprint density at radius 2 is 1.84 bits per heavy atom. The number of hydrogen-bond donors (Lipinski definition) is 1.